The highest BCUT2D eigenvalue weighted by atomic mass is 35.5. The molecule has 1 aromatic carbocycles. The van der Waals surface area contributed by atoms with Gasteiger partial charge in [0.1, 0.15) is 12.6 Å². The van der Waals surface area contributed by atoms with Gasteiger partial charge in [0, 0.05) is 22.5 Å². The molecule has 0 aliphatic carbocycles. The van der Waals surface area contributed by atoms with E-state index in [-0.39, 0.29) is 6.54 Å². The lowest BCUT2D eigenvalue weighted by Gasteiger charge is -2.32. The van der Waals surface area contributed by atoms with Gasteiger partial charge in [-0.3, -0.25) is 4.79 Å². The fraction of sp³-hybridized carbons (Fsp3) is 0.375. The molecule has 2 heterocycles. The van der Waals surface area contributed by atoms with E-state index in [2.05, 4.69) is 10.3 Å². The smallest absolute Gasteiger partial charge is 0.350 e. The minimum atomic E-state index is -4.39. The maximum atomic E-state index is 12.6. The largest absolute Gasteiger partial charge is 0.406 e. The predicted octanol–water partition coefficient (Wildman–Crippen LogP) is 4.43. The molecular weight excluding hydrogens is 375 g/mol. The van der Waals surface area contributed by atoms with Crippen LogP contribution in [0.15, 0.2) is 29.6 Å². The number of rotatable bonds is 4. The van der Waals surface area contributed by atoms with Gasteiger partial charge in [0.25, 0.3) is 0 Å². The van der Waals surface area contributed by atoms with Gasteiger partial charge in [0.2, 0.25) is 5.91 Å². The number of carbonyl (C=O) groups excluding carboxylic acids is 1. The van der Waals surface area contributed by atoms with Crippen LogP contribution in [0.2, 0.25) is 5.02 Å². The van der Waals surface area contributed by atoms with E-state index in [1.165, 1.54) is 11.3 Å². The van der Waals surface area contributed by atoms with Gasteiger partial charge in [-0.15, -0.1) is 11.3 Å². The van der Waals surface area contributed by atoms with Crippen molar-refractivity contribution in [2.24, 2.45) is 0 Å². The van der Waals surface area contributed by atoms with Gasteiger partial charge < -0.3 is 10.2 Å². The summed E-state index contributed by atoms with van der Waals surface area (Å²) in [4.78, 5) is 17.5. The number of nitrogens with one attached hydrogen (secondary N) is 1. The van der Waals surface area contributed by atoms with Gasteiger partial charge in [-0.25, -0.2) is 4.98 Å². The minimum Gasteiger partial charge on any atom is -0.350 e. The number of hydrogen-bond acceptors (Lipinski definition) is 4. The van der Waals surface area contributed by atoms with Crippen LogP contribution in [-0.4, -0.2) is 41.1 Å². The van der Waals surface area contributed by atoms with Crippen LogP contribution in [0.25, 0.3) is 11.3 Å². The van der Waals surface area contributed by atoms with E-state index in [0.717, 1.165) is 10.5 Å². The number of amides is 1. The Bertz CT molecular complexity index is 765. The highest BCUT2D eigenvalue weighted by Gasteiger charge is 2.37. The summed E-state index contributed by atoms with van der Waals surface area (Å²) in [6, 6.07) is 6.54. The molecule has 1 atom stereocenters. The molecule has 3 rings (SSSR count). The van der Waals surface area contributed by atoms with Gasteiger partial charge in [0.15, 0.2) is 5.13 Å². The number of nitrogens with zero attached hydrogens (tertiary/aromatic N) is 2. The number of aromatic nitrogens is 1. The molecule has 1 fully saturated rings. The minimum absolute atomic E-state index is 0.124. The molecule has 1 saturated heterocycles. The van der Waals surface area contributed by atoms with E-state index in [0.29, 0.717) is 28.7 Å². The number of hydrogen-bond donors (Lipinski definition) is 1. The van der Waals surface area contributed by atoms with Gasteiger partial charge in [-0.2, -0.15) is 13.2 Å². The molecule has 1 N–H and O–H groups in total. The third-order valence-electron chi connectivity index (χ3n) is 3.85. The first-order valence-corrected chi connectivity index (χ1v) is 8.92. The molecule has 0 radical (unpaired) electrons. The second kappa shape index (κ2) is 7.21. The van der Waals surface area contributed by atoms with E-state index >= 15 is 0 Å². The Morgan fingerprint density at radius 3 is 2.84 bits per heavy atom. The van der Waals surface area contributed by atoms with Gasteiger partial charge >= 0.3 is 6.18 Å². The van der Waals surface area contributed by atoms with Gasteiger partial charge in [-0.1, -0.05) is 29.8 Å². The lowest BCUT2D eigenvalue weighted by molar-refractivity contribution is -0.163. The second-order valence-electron chi connectivity index (χ2n) is 5.73. The number of thiazole rings is 1. The zero-order valence-electron chi connectivity index (χ0n) is 13.0. The summed E-state index contributed by atoms with van der Waals surface area (Å²) in [7, 11) is 0. The Balaban J connectivity index is 1.70. The molecule has 25 heavy (non-hydrogen) atoms. The van der Waals surface area contributed by atoms with Crippen molar-refractivity contribution < 1.29 is 18.0 Å². The van der Waals surface area contributed by atoms with Crippen LogP contribution in [0.5, 0.6) is 0 Å². The number of piperidine rings is 1. The van der Waals surface area contributed by atoms with Crippen molar-refractivity contribution in [1.82, 2.24) is 9.88 Å². The summed E-state index contributed by atoms with van der Waals surface area (Å²) < 4.78 is 37.7. The number of carbonyl (C=O) groups is 1. The maximum Gasteiger partial charge on any atom is 0.406 e. The molecular formula is C16H15ClF3N3OS. The Morgan fingerprint density at radius 1 is 1.36 bits per heavy atom. The Labute approximate surface area is 151 Å². The number of benzene rings is 1. The molecule has 4 nitrogen and oxygen atoms in total. The predicted molar refractivity (Wildman–Crippen MR) is 91.8 cm³/mol. The quantitative estimate of drug-likeness (QED) is 0.841. The molecule has 1 unspecified atom stereocenters. The average Bonchev–Trinajstić information content (AvgIpc) is 2.99. The zero-order chi connectivity index (χ0) is 18.0. The van der Waals surface area contributed by atoms with Crippen molar-refractivity contribution in [3.63, 3.8) is 0 Å². The summed E-state index contributed by atoms with van der Waals surface area (Å²) in [5, 5.41) is 5.81. The van der Waals surface area contributed by atoms with Crippen LogP contribution in [0.1, 0.15) is 12.8 Å². The first-order valence-electron chi connectivity index (χ1n) is 7.66. The van der Waals surface area contributed by atoms with Crippen LogP contribution >= 0.6 is 22.9 Å². The number of halogens is 4. The first kappa shape index (κ1) is 18.0. The summed E-state index contributed by atoms with van der Waals surface area (Å²) in [6.45, 7) is -1.09. The van der Waals surface area contributed by atoms with E-state index in [9.17, 15) is 18.0 Å². The SMILES string of the molecule is O=C1C(Nc2nc(-c3ccccc3Cl)cs2)CCCN1CC(F)(F)F. The second-order valence-corrected chi connectivity index (χ2v) is 7.00. The van der Waals surface area contributed by atoms with E-state index in [1.54, 1.807) is 11.4 Å². The molecule has 9 heteroatoms. The van der Waals surface area contributed by atoms with Crippen LogP contribution in [0, 0.1) is 0 Å². The highest BCUT2D eigenvalue weighted by Crippen LogP contribution is 2.31. The molecule has 1 aliphatic rings. The molecule has 1 aliphatic heterocycles. The van der Waals surface area contributed by atoms with Crippen molar-refractivity contribution in [3.8, 4) is 11.3 Å². The molecule has 2 aromatic rings. The fourth-order valence-corrected chi connectivity index (χ4v) is 3.73. The van der Waals surface area contributed by atoms with E-state index in [1.807, 2.05) is 18.2 Å². The number of alkyl halides is 3. The molecule has 0 bridgehead atoms. The average molecular weight is 390 g/mol. The molecule has 0 spiro atoms. The molecule has 1 amide bonds. The van der Waals surface area contributed by atoms with Crippen molar-refractivity contribution in [3.05, 3.63) is 34.7 Å². The topological polar surface area (TPSA) is 45.2 Å². The van der Waals surface area contributed by atoms with Crippen molar-refractivity contribution in [2.45, 2.75) is 25.1 Å². The summed E-state index contributed by atoms with van der Waals surface area (Å²) in [5.41, 5.74) is 1.43. The monoisotopic (exact) mass is 389 g/mol. The molecule has 1 aromatic heterocycles. The van der Waals surface area contributed by atoms with Gasteiger partial charge in [0.05, 0.1) is 5.69 Å². The highest BCUT2D eigenvalue weighted by molar-refractivity contribution is 7.14. The van der Waals surface area contributed by atoms with Gasteiger partial charge in [-0.05, 0) is 18.9 Å². The van der Waals surface area contributed by atoms with Crippen LogP contribution < -0.4 is 5.32 Å². The summed E-state index contributed by atoms with van der Waals surface area (Å²) in [5.74, 6) is -0.543. The third-order valence-corrected chi connectivity index (χ3v) is 4.96. The van der Waals surface area contributed by atoms with Crippen molar-refractivity contribution in [1.29, 1.82) is 0 Å². The Morgan fingerprint density at radius 2 is 2.12 bits per heavy atom. The number of anilines is 1. The van der Waals surface area contributed by atoms with E-state index < -0.39 is 24.7 Å². The number of likely N-dealkylation sites (tertiary alicyclic amines) is 1. The van der Waals surface area contributed by atoms with Crippen molar-refractivity contribution in [2.75, 3.05) is 18.4 Å². The summed E-state index contributed by atoms with van der Waals surface area (Å²) >= 11 is 7.43. The Kier molecular flexibility index (Phi) is 5.19. The standard InChI is InChI=1S/C16H15ClF3N3OS/c17-11-5-2-1-4-10(11)13-8-25-15(22-13)21-12-6-3-7-23(14(12)24)9-16(18,19)20/h1-2,4-5,8,12H,3,6-7,9H2,(H,21,22). The summed E-state index contributed by atoms with van der Waals surface area (Å²) in [6.07, 6.45) is -3.40. The molecule has 134 valence electrons. The van der Waals surface area contributed by atoms with Crippen LogP contribution in [0.4, 0.5) is 18.3 Å². The Hall–Kier alpha value is -1.80. The van der Waals surface area contributed by atoms with Crippen LogP contribution in [0.3, 0.4) is 0 Å². The lowest BCUT2D eigenvalue weighted by atomic mass is 10.1. The van der Waals surface area contributed by atoms with Crippen LogP contribution in [-0.2, 0) is 4.79 Å². The lowest BCUT2D eigenvalue weighted by Crippen LogP contribution is -2.50. The van der Waals surface area contributed by atoms with E-state index in [4.69, 9.17) is 11.6 Å². The third kappa shape index (κ3) is 4.43. The molecule has 0 saturated carbocycles. The normalized spacial score (nSPS) is 18.5. The van der Waals surface area contributed by atoms with Crippen molar-refractivity contribution >= 4 is 34.0 Å². The maximum absolute atomic E-state index is 12.6. The first-order chi connectivity index (χ1) is 11.8. The fourth-order valence-electron chi connectivity index (χ4n) is 2.73. The zero-order valence-corrected chi connectivity index (χ0v) is 14.6.